The van der Waals surface area contributed by atoms with Crippen LogP contribution >= 0.6 is 0 Å². The zero-order chi connectivity index (χ0) is 24.6. The van der Waals surface area contributed by atoms with Crippen LogP contribution in [0.1, 0.15) is 24.0 Å². The van der Waals surface area contributed by atoms with Gasteiger partial charge in [0.15, 0.2) is 0 Å². The molecular formula is C24H26F3N5O2. The number of benzene rings is 2. The molecule has 0 spiro atoms. The molecule has 1 saturated heterocycles. The van der Waals surface area contributed by atoms with Gasteiger partial charge in [-0.15, -0.1) is 0 Å². The number of anilines is 2. The second kappa shape index (κ2) is 9.00. The van der Waals surface area contributed by atoms with Crippen LogP contribution in [0.5, 0.6) is 0 Å². The highest BCUT2D eigenvalue weighted by molar-refractivity contribution is 6.14. The maximum absolute atomic E-state index is 13.5. The number of aryl methyl sites for hydroxylation is 1. The summed E-state index contributed by atoms with van der Waals surface area (Å²) in [5, 5.41) is 0. The van der Waals surface area contributed by atoms with E-state index in [1.165, 1.54) is 4.90 Å². The fourth-order valence-electron chi connectivity index (χ4n) is 4.49. The van der Waals surface area contributed by atoms with Crippen molar-refractivity contribution in [2.45, 2.75) is 32.1 Å². The van der Waals surface area contributed by atoms with Gasteiger partial charge in [-0.1, -0.05) is 24.3 Å². The average molecular weight is 473 g/mol. The van der Waals surface area contributed by atoms with E-state index < -0.39 is 30.2 Å². The summed E-state index contributed by atoms with van der Waals surface area (Å²) < 4.78 is 39.7. The van der Waals surface area contributed by atoms with E-state index in [-0.39, 0.29) is 25.9 Å². The van der Waals surface area contributed by atoms with Crippen molar-refractivity contribution in [2.24, 2.45) is 16.6 Å². The number of nitrogens with two attached hydrogens (primary N) is 1. The van der Waals surface area contributed by atoms with Crippen LogP contribution in [-0.4, -0.2) is 55.2 Å². The highest BCUT2D eigenvalue weighted by Crippen LogP contribution is 2.36. The van der Waals surface area contributed by atoms with Crippen molar-refractivity contribution < 1.29 is 22.8 Å². The first-order valence-corrected chi connectivity index (χ1v) is 11.0. The summed E-state index contributed by atoms with van der Waals surface area (Å²) in [6.45, 7) is 2.10. The number of likely N-dealkylation sites (tertiary alicyclic amines) is 1. The van der Waals surface area contributed by atoms with E-state index in [0.717, 1.165) is 10.5 Å². The number of carbonyl (C=O) groups excluding carboxylic acids is 2. The largest absolute Gasteiger partial charge is 0.391 e. The Morgan fingerprint density at radius 2 is 1.79 bits per heavy atom. The quantitative estimate of drug-likeness (QED) is 0.718. The molecule has 0 aromatic heterocycles. The molecule has 2 aromatic rings. The average Bonchev–Trinajstić information content (AvgIpc) is 2.89. The zero-order valence-electron chi connectivity index (χ0n) is 18.9. The molecule has 4 rings (SSSR count). The lowest BCUT2D eigenvalue weighted by atomic mass is 9.95. The predicted molar refractivity (Wildman–Crippen MR) is 124 cm³/mol. The van der Waals surface area contributed by atoms with Crippen LogP contribution in [0.3, 0.4) is 0 Å². The number of halogens is 3. The molecule has 2 aliphatic heterocycles. The third kappa shape index (κ3) is 4.44. The number of fused-ring (bicyclic) bond motifs is 1. The SMILES string of the molecule is Cc1cccc(N(C(N)=O)C2N=C(N3CCC(C(F)(F)F)CC3)c3ccccc3N(C)C2=O)c1. The Morgan fingerprint density at radius 3 is 2.41 bits per heavy atom. The fraction of sp³-hybridized carbons (Fsp3) is 0.375. The van der Waals surface area contributed by atoms with Crippen LogP contribution in [0.25, 0.3) is 0 Å². The number of para-hydroxylation sites is 1. The summed E-state index contributed by atoms with van der Waals surface area (Å²) in [7, 11) is 1.58. The van der Waals surface area contributed by atoms with Gasteiger partial charge in [-0.3, -0.25) is 9.69 Å². The summed E-state index contributed by atoms with van der Waals surface area (Å²) >= 11 is 0. The Hall–Kier alpha value is -3.56. The minimum absolute atomic E-state index is 0.0729. The molecule has 180 valence electrons. The Labute approximate surface area is 195 Å². The smallest absolute Gasteiger partial charge is 0.356 e. The number of amidine groups is 1. The monoisotopic (exact) mass is 473 g/mol. The second-order valence-corrected chi connectivity index (χ2v) is 8.59. The topological polar surface area (TPSA) is 82.2 Å². The minimum Gasteiger partial charge on any atom is -0.356 e. The Bertz CT molecular complexity index is 1130. The molecule has 0 saturated carbocycles. The van der Waals surface area contributed by atoms with Gasteiger partial charge in [0.2, 0.25) is 6.17 Å². The van der Waals surface area contributed by atoms with Gasteiger partial charge in [-0.25, -0.2) is 9.79 Å². The lowest BCUT2D eigenvalue weighted by molar-refractivity contribution is -0.183. The van der Waals surface area contributed by atoms with Gasteiger partial charge in [0.1, 0.15) is 5.84 Å². The van der Waals surface area contributed by atoms with Crippen LogP contribution in [-0.2, 0) is 4.79 Å². The lowest BCUT2D eigenvalue weighted by Gasteiger charge is -2.35. The van der Waals surface area contributed by atoms with Crippen molar-refractivity contribution in [3.8, 4) is 0 Å². The molecule has 1 fully saturated rings. The maximum Gasteiger partial charge on any atom is 0.391 e. The molecule has 0 bridgehead atoms. The zero-order valence-corrected chi connectivity index (χ0v) is 18.9. The molecule has 0 radical (unpaired) electrons. The maximum atomic E-state index is 13.5. The summed E-state index contributed by atoms with van der Waals surface area (Å²) in [5.41, 5.74) is 8.15. The summed E-state index contributed by atoms with van der Waals surface area (Å²) in [4.78, 5) is 35.1. The molecule has 3 amide bonds. The summed E-state index contributed by atoms with van der Waals surface area (Å²) in [6, 6.07) is 13.2. The molecule has 1 unspecified atom stereocenters. The molecule has 34 heavy (non-hydrogen) atoms. The Balaban J connectivity index is 1.80. The van der Waals surface area contributed by atoms with Crippen LogP contribution < -0.4 is 15.5 Å². The van der Waals surface area contributed by atoms with E-state index in [9.17, 15) is 22.8 Å². The number of hydrogen-bond donors (Lipinski definition) is 1. The number of likely N-dealkylation sites (N-methyl/N-ethyl adjacent to an activating group) is 1. The van der Waals surface area contributed by atoms with Gasteiger partial charge < -0.3 is 15.5 Å². The standard InChI is InChI=1S/C24H26F3N5O2/c1-15-6-5-7-17(14-15)32(23(28)34)21-22(33)30(2)19-9-4-3-8-18(19)20(29-21)31-12-10-16(11-13-31)24(25,26)27/h3-9,14,16,21H,10-13H2,1-2H3,(H2,28,34). The molecule has 2 N–H and O–H groups in total. The van der Waals surface area contributed by atoms with Gasteiger partial charge in [0.05, 0.1) is 11.6 Å². The molecule has 1 atom stereocenters. The van der Waals surface area contributed by atoms with E-state index >= 15 is 0 Å². The van der Waals surface area contributed by atoms with Crippen LogP contribution in [0.4, 0.5) is 29.3 Å². The van der Waals surface area contributed by atoms with Crippen molar-refractivity contribution in [3.63, 3.8) is 0 Å². The number of alkyl halides is 3. The lowest BCUT2D eigenvalue weighted by Crippen LogP contribution is -2.51. The van der Waals surface area contributed by atoms with E-state index in [2.05, 4.69) is 4.99 Å². The predicted octanol–water partition coefficient (Wildman–Crippen LogP) is 3.90. The first-order chi connectivity index (χ1) is 16.1. The third-order valence-corrected chi connectivity index (χ3v) is 6.32. The van der Waals surface area contributed by atoms with Gasteiger partial charge in [-0.05, 0) is 49.6 Å². The Kier molecular flexibility index (Phi) is 6.24. The van der Waals surface area contributed by atoms with Gasteiger partial charge >= 0.3 is 12.2 Å². The van der Waals surface area contributed by atoms with Crippen molar-refractivity contribution in [1.82, 2.24) is 4.90 Å². The molecule has 2 heterocycles. The molecule has 7 nitrogen and oxygen atoms in total. The van der Waals surface area contributed by atoms with E-state index in [1.807, 2.05) is 13.0 Å². The number of benzodiazepines with no additional fused rings is 1. The Morgan fingerprint density at radius 1 is 1.12 bits per heavy atom. The molecule has 2 aliphatic rings. The molecule has 0 aliphatic carbocycles. The first-order valence-electron chi connectivity index (χ1n) is 11.0. The highest BCUT2D eigenvalue weighted by Gasteiger charge is 2.43. The third-order valence-electron chi connectivity index (χ3n) is 6.32. The number of urea groups is 1. The van der Waals surface area contributed by atoms with Crippen molar-refractivity contribution >= 4 is 29.1 Å². The van der Waals surface area contributed by atoms with Crippen LogP contribution in [0.2, 0.25) is 0 Å². The van der Waals surface area contributed by atoms with Crippen molar-refractivity contribution in [3.05, 3.63) is 59.7 Å². The normalized spacial score (nSPS) is 19.4. The van der Waals surface area contributed by atoms with E-state index in [4.69, 9.17) is 5.73 Å². The molecule has 2 aromatic carbocycles. The van der Waals surface area contributed by atoms with Crippen LogP contribution in [0, 0.1) is 12.8 Å². The second-order valence-electron chi connectivity index (χ2n) is 8.59. The highest BCUT2D eigenvalue weighted by atomic mass is 19.4. The number of primary amides is 1. The van der Waals surface area contributed by atoms with Gasteiger partial charge in [0, 0.05) is 31.4 Å². The summed E-state index contributed by atoms with van der Waals surface area (Å²) in [6.07, 6.45) is -5.71. The number of rotatable bonds is 2. The minimum atomic E-state index is -4.25. The molecular weight excluding hydrogens is 447 g/mol. The van der Waals surface area contributed by atoms with E-state index in [1.54, 1.807) is 54.4 Å². The molecule has 10 heteroatoms. The summed E-state index contributed by atoms with van der Waals surface area (Å²) in [5.74, 6) is -1.48. The van der Waals surface area contributed by atoms with Gasteiger partial charge in [-0.2, -0.15) is 13.2 Å². The van der Waals surface area contributed by atoms with Crippen molar-refractivity contribution in [2.75, 3.05) is 29.9 Å². The number of aliphatic imine (C=N–C) groups is 1. The number of carbonyl (C=O) groups is 2. The number of nitrogens with zero attached hydrogens (tertiary/aromatic N) is 4. The fourth-order valence-corrected chi connectivity index (χ4v) is 4.49. The first kappa shape index (κ1) is 23.6. The number of hydrogen-bond acceptors (Lipinski definition) is 4. The number of piperidine rings is 1. The van der Waals surface area contributed by atoms with Crippen molar-refractivity contribution in [1.29, 1.82) is 0 Å². The van der Waals surface area contributed by atoms with Crippen LogP contribution in [0.15, 0.2) is 53.5 Å². The van der Waals surface area contributed by atoms with Gasteiger partial charge in [0.25, 0.3) is 5.91 Å². The number of amides is 3. The van der Waals surface area contributed by atoms with E-state index in [0.29, 0.717) is 22.8 Å².